The second-order valence-corrected chi connectivity index (χ2v) is 8.87. The van der Waals surface area contributed by atoms with Crippen molar-refractivity contribution >= 4 is 29.3 Å². The summed E-state index contributed by atoms with van der Waals surface area (Å²) in [5.41, 5.74) is 4.53. The van der Waals surface area contributed by atoms with E-state index in [1.165, 1.54) is 5.56 Å². The average Bonchev–Trinajstić information content (AvgIpc) is 2.82. The third kappa shape index (κ3) is 5.76. The zero-order valence-electron chi connectivity index (χ0n) is 17.4. The lowest BCUT2D eigenvalue weighted by atomic mass is 9.99. The van der Waals surface area contributed by atoms with Crippen LogP contribution in [0, 0.1) is 0 Å². The fourth-order valence-electron chi connectivity index (χ4n) is 3.72. The van der Waals surface area contributed by atoms with E-state index in [9.17, 15) is 9.59 Å². The highest BCUT2D eigenvalue weighted by molar-refractivity contribution is 7.99. The van der Waals surface area contributed by atoms with Crippen molar-refractivity contribution in [3.05, 3.63) is 101 Å². The molecule has 0 spiro atoms. The predicted octanol–water partition coefficient (Wildman–Crippen LogP) is 4.65. The highest BCUT2D eigenvalue weighted by atomic mass is 32.2. The summed E-state index contributed by atoms with van der Waals surface area (Å²) in [6, 6.07) is 25.4. The van der Waals surface area contributed by atoms with Crippen LogP contribution in [-0.4, -0.2) is 41.3 Å². The fourth-order valence-corrected chi connectivity index (χ4v) is 4.62. The lowest BCUT2D eigenvalue weighted by Crippen LogP contribution is -2.38. The van der Waals surface area contributed by atoms with E-state index in [-0.39, 0.29) is 11.8 Å². The van der Waals surface area contributed by atoms with Crippen LogP contribution in [0.2, 0.25) is 0 Å². The van der Waals surface area contributed by atoms with E-state index in [2.05, 4.69) is 17.4 Å². The molecule has 1 fully saturated rings. The Bertz CT molecular complexity index is 1030. The Labute approximate surface area is 187 Å². The molecule has 0 radical (unpaired) electrons. The monoisotopic (exact) mass is 430 g/mol. The zero-order chi connectivity index (χ0) is 21.5. The molecule has 1 N–H and O–H groups in total. The fraction of sp³-hybridized carbons (Fsp3) is 0.231. The number of benzene rings is 3. The van der Waals surface area contributed by atoms with Crippen molar-refractivity contribution in [3.63, 3.8) is 0 Å². The number of carbonyl (C=O) groups excluding carboxylic acids is 2. The first-order chi connectivity index (χ1) is 15.2. The summed E-state index contributed by atoms with van der Waals surface area (Å²) < 4.78 is 0. The van der Waals surface area contributed by atoms with Crippen molar-refractivity contribution in [1.29, 1.82) is 0 Å². The highest BCUT2D eigenvalue weighted by Gasteiger charge is 2.17. The summed E-state index contributed by atoms with van der Waals surface area (Å²) in [7, 11) is 0. The Morgan fingerprint density at radius 3 is 2.23 bits per heavy atom. The van der Waals surface area contributed by atoms with Gasteiger partial charge in [0.25, 0.3) is 5.91 Å². The van der Waals surface area contributed by atoms with E-state index in [0.717, 1.165) is 41.4 Å². The summed E-state index contributed by atoms with van der Waals surface area (Å²) in [6.45, 7) is 1.67. The summed E-state index contributed by atoms with van der Waals surface area (Å²) in [4.78, 5) is 27.3. The minimum absolute atomic E-state index is 0.124. The van der Waals surface area contributed by atoms with Gasteiger partial charge in [0.2, 0.25) is 5.91 Å². The van der Waals surface area contributed by atoms with Gasteiger partial charge in [-0.15, -0.1) is 0 Å². The molecule has 0 aliphatic carbocycles. The standard InChI is InChI=1S/C26H26N2O2S/c29-25(28-14-16-31-17-15-28)19-21-10-12-23(13-11-21)27-26(30)24-9-5-4-8-22(24)18-20-6-2-1-3-7-20/h1-13H,14-19H2,(H,27,30). The molecule has 3 aromatic rings. The van der Waals surface area contributed by atoms with Crippen LogP contribution < -0.4 is 5.32 Å². The van der Waals surface area contributed by atoms with Gasteiger partial charge in [-0.25, -0.2) is 0 Å². The number of anilines is 1. The van der Waals surface area contributed by atoms with Gasteiger partial charge in [-0.1, -0.05) is 60.7 Å². The van der Waals surface area contributed by atoms with Crippen LogP contribution in [0.15, 0.2) is 78.9 Å². The van der Waals surface area contributed by atoms with E-state index in [4.69, 9.17) is 0 Å². The van der Waals surface area contributed by atoms with Gasteiger partial charge in [0.05, 0.1) is 6.42 Å². The molecular weight excluding hydrogens is 404 g/mol. The molecule has 1 saturated heterocycles. The minimum Gasteiger partial charge on any atom is -0.341 e. The Morgan fingerprint density at radius 2 is 1.48 bits per heavy atom. The molecule has 0 aromatic heterocycles. The molecule has 5 heteroatoms. The van der Waals surface area contributed by atoms with Gasteiger partial charge in [0.15, 0.2) is 0 Å². The van der Waals surface area contributed by atoms with Crippen molar-refractivity contribution in [2.45, 2.75) is 12.8 Å². The summed E-state index contributed by atoms with van der Waals surface area (Å²) in [5.74, 6) is 2.08. The van der Waals surface area contributed by atoms with Crippen LogP contribution in [0.5, 0.6) is 0 Å². The largest absolute Gasteiger partial charge is 0.341 e. The Balaban J connectivity index is 1.39. The van der Waals surface area contributed by atoms with Gasteiger partial charge in [-0.2, -0.15) is 11.8 Å². The average molecular weight is 431 g/mol. The molecule has 0 unspecified atom stereocenters. The quantitative estimate of drug-likeness (QED) is 0.619. The van der Waals surface area contributed by atoms with Crippen molar-refractivity contribution in [2.24, 2.45) is 0 Å². The molecule has 158 valence electrons. The van der Waals surface area contributed by atoms with E-state index < -0.39 is 0 Å². The van der Waals surface area contributed by atoms with Crippen LogP contribution in [0.4, 0.5) is 5.69 Å². The number of nitrogens with one attached hydrogen (secondary N) is 1. The van der Waals surface area contributed by atoms with E-state index in [0.29, 0.717) is 18.4 Å². The molecule has 1 heterocycles. The molecular formula is C26H26N2O2S. The Kier molecular flexibility index (Phi) is 7.05. The molecule has 0 bridgehead atoms. The topological polar surface area (TPSA) is 49.4 Å². The van der Waals surface area contributed by atoms with E-state index in [1.807, 2.05) is 83.4 Å². The highest BCUT2D eigenvalue weighted by Crippen LogP contribution is 2.18. The predicted molar refractivity (Wildman–Crippen MR) is 128 cm³/mol. The van der Waals surface area contributed by atoms with Crippen LogP contribution in [0.25, 0.3) is 0 Å². The van der Waals surface area contributed by atoms with Crippen LogP contribution >= 0.6 is 11.8 Å². The third-order valence-electron chi connectivity index (χ3n) is 5.43. The first-order valence-electron chi connectivity index (χ1n) is 10.6. The van der Waals surface area contributed by atoms with Crippen LogP contribution in [-0.2, 0) is 17.6 Å². The number of hydrogen-bond donors (Lipinski definition) is 1. The lowest BCUT2D eigenvalue weighted by molar-refractivity contribution is -0.130. The van der Waals surface area contributed by atoms with Gasteiger partial charge < -0.3 is 10.2 Å². The summed E-state index contributed by atoms with van der Waals surface area (Å²) in [6.07, 6.45) is 1.11. The molecule has 4 nitrogen and oxygen atoms in total. The van der Waals surface area contributed by atoms with Gasteiger partial charge in [0.1, 0.15) is 0 Å². The second kappa shape index (κ2) is 10.3. The third-order valence-corrected chi connectivity index (χ3v) is 6.37. The number of nitrogens with zero attached hydrogens (tertiary/aromatic N) is 1. The van der Waals surface area contributed by atoms with Crippen LogP contribution in [0.3, 0.4) is 0 Å². The molecule has 31 heavy (non-hydrogen) atoms. The Morgan fingerprint density at radius 1 is 0.806 bits per heavy atom. The minimum atomic E-state index is -0.124. The number of rotatable bonds is 6. The van der Waals surface area contributed by atoms with E-state index >= 15 is 0 Å². The van der Waals surface area contributed by atoms with Gasteiger partial charge in [-0.3, -0.25) is 9.59 Å². The molecule has 0 atom stereocenters. The molecule has 4 rings (SSSR count). The summed E-state index contributed by atoms with van der Waals surface area (Å²) >= 11 is 1.90. The maximum Gasteiger partial charge on any atom is 0.255 e. The molecule has 0 saturated carbocycles. The first-order valence-corrected chi connectivity index (χ1v) is 11.7. The maximum atomic E-state index is 12.9. The normalized spacial score (nSPS) is 13.6. The smallest absolute Gasteiger partial charge is 0.255 e. The van der Waals surface area contributed by atoms with Crippen molar-refractivity contribution < 1.29 is 9.59 Å². The number of thioether (sulfide) groups is 1. The van der Waals surface area contributed by atoms with Crippen molar-refractivity contribution in [2.75, 3.05) is 29.9 Å². The van der Waals surface area contributed by atoms with Crippen molar-refractivity contribution in [1.82, 2.24) is 4.90 Å². The molecule has 1 aliphatic heterocycles. The number of hydrogen-bond acceptors (Lipinski definition) is 3. The first kappa shape index (κ1) is 21.2. The molecule has 1 aliphatic rings. The van der Waals surface area contributed by atoms with Gasteiger partial charge in [0, 0.05) is 35.8 Å². The molecule has 3 aromatic carbocycles. The van der Waals surface area contributed by atoms with E-state index in [1.54, 1.807) is 0 Å². The van der Waals surface area contributed by atoms with Crippen molar-refractivity contribution in [3.8, 4) is 0 Å². The van der Waals surface area contributed by atoms with Crippen LogP contribution in [0.1, 0.15) is 27.0 Å². The second-order valence-electron chi connectivity index (χ2n) is 7.64. The number of carbonyl (C=O) groups is 2. The Hall–Kier alpha value is -3.05. The zero-order valence-corrected chi connectivity index (χ0v) is 18.2. The lowest BCUT2D eigenvalue weighted by Gasteiger charge is -2.26. The maximum absolute atomic E-state index is 12.9. The number of amides is 2. The van der Waals surface area contributed by atoms with Gasteiger partial charge >= 0.3 is 0 Å². The molecule has 2 amide bonds. The van der Waals surface area contributed by atoms with Gasteiger partial charge in [-0.05, 0) is 41.3 Å². The SMILES string of the molecule is O=C(Nc1ccc(CC(=O)N2CCSCC2)cc1)c1ccccc1Cc1ccccc1. The summed E-state index contributed by atoms with van der Waals surface area (Å²) in [5, 5.41) is 2.99.